The van der Waals surface area contributed by atoms with Crippen LogP contribution in [0, 0.1) is 11.8 Å². The summed E-state index contributed by atoms with van der Waals surface area (Å²) >= 11 is 0. The molecule has 8 atom stereocenters. The van der Waals surface area contributed by atoms with E-state index in [4.69, 9.17) is 23.7 Å². The zero-order chi connectivity index (χ0) is 27.5. The predicted molar refractivity (Wildman–Crippen MR) is 142 cm³/mol. The summed E-state index contributed by atoms with van der Waals surface area (Å²) < 4.78 is 57.6. The van der Waals surface area contributed by atoms with E-state index in [2.05, 4.69) is 13.5 Å². The number of carbonyl (C=O) groups excluding carboxylic acids is 1. The SMILES string of the molecule is C=C1C(C[C@@H]2O[C@H](CC3COC(C)(C)O3)[C@H](OC)[C@H]2CS(=O)(=O)c2ccccc2)OC(CCC=O)C[C@H]1C. The molecule has 8 nitrogen and oxygen atoms in total. The minimum absolute atomic E-state index is 0.0427. The van der Waals surface area contributed by atoms with Crippen LogP contribution in [0.5, 0.6) is 0 Å². The molecule has 1 aromatic carbocycles. The van der Waals surface area contributed by atoms with Crippen LogP contribution in [-0.2, 0) is 38.3 Å². The molecule has 3 unspecified atom stereocenters. The van der Waals surface area contributed by atoms with E-state index in [1.807, 2.05) is 13.8 Å². The Morgan fingerprint density at radius 2 is 1.84 bits per heavy atom. The molecule has 3 aliphatic heterocycles. The van der Waals surface area contributed by atoms with Gasteiger partial charge >= 0.3 is 0 Å². The van der Waals surface area contributed by atoms with Crippen LogP contribution >= 0.6 is 0 Å². The largest absolute Gasteiger partial charge is 0.378 e. The number of ether oxygens (including phenoxy) is 5. The Kier molecular flexibility index (Phi) is 9.48. The fraction of sp³-hybridized carbons (Fsp3) is 0.690. The highest BCUT2D eigenvalue weighted by Gasteiger charge is 2.50. The maximum absolute atomic E-state index is 13.5. The third-order valence-electron chi connectivity index (χ3n) is 8.04. The Morgan fingerprint density at radius 1 is 1.11 bits per heavy atom. The molecule has 0 bridgehead atoms. The van der Waals surface area contributed by atoms with Gasteiger partial charge in [0.1, 0.15) is 6.29 Å². The molecule has 3 aliphatic rings. The quantitative estimate of drug-likeness (QED) is 0.300. The molecule has 9 heteroatoms. The summed E-state index contributed by atoms with van der Waals surface area (Å²) in [4.78, 5) is 11.2. The van der Waals surface area contributed by atoms with Crippen molar-refractivity contribution in [3.8, 4) is 0 Å². The molecule has 0 radical (unpaired) electrons. The van der Waals surface area contributed by atoms with E-state index >= 15 is 0 Å². The summed E-state index contributed by atoms with van der Waals surface area (Å²) in [5.74, 6) is -0.944. The van der Waals surface area contributed by atoms with Crippen molar-refractivity contribution in [2.24, 2.45) is 11.8 Å². The molecule has 0 aromatic heterocycles. The van der Waals surface area contributed by atoms with Crippen molar-refractivity contribution in [1.29, 1.82) is 0 Å². The Bertz CT molecular complexity index is 1060. The normalized spacial score (nSPS) is 35.4. The Morgan fingerprint density at radius 3 is 2.47 bits per heavy atom. The number of carbonyl (C=O) groups is 1. The number of methoxy groups -OCH3 is 1. The average molecular weight is 551 g/mol. The fourth-order valence-corrected chi connectivity index (χ4v) is 7.73. The van der Waals surface area contributed by atoms with Gasteiger partial charge in [0.15, 0.2) is 15.6 Å². The van der Waals surface area contributed by atoms with Crippen LogP contribution in [0.15, 0.2) is 47.4 Å². The van der Waals surface area contributed by atoms with Gasteiger partial charge in [-0.3, -0.25) is 0 Å². The summed E-state index contributed by atoms with van der Waals surface area (Å²) in [5.41, 5.74) is 0.979. The zero-order valence-corrected chi connectivity index (χ0v) is 23.7. The maximum atomic E-state index is 13.5. The monoisotopic (exact) mass is 550 g/mol. The third-order valence-corrected chi connectivity index (χ3v) is 9.85. The highest BCUT2D eigenvalue weighted by molar-refractivity contribution is 7.91. The molecule has 0 aliphatic carbocycles. The Balaban J connectivity index is 1.56. The molecular weight excluding hydrogens is 508 g/mol. The standard InChI is InChI=1S/C29H42O8S/c1-19-14-21(10-9-13-30)35-25(20(19)2)16-26-24(18-38(31,32)23-11-7-6-8-12-23)28(33-5)27(36-26)15-22-17-34-29(3,4)37-22/h6-8,11-13,19,21-22,24-28H,2,9-10,14-18H2,1,3-5H3/t19-,21?,22?,24+,25?,26+,27-,28-/m1/s1. The summed E-state index contributed by atoms with van der Waals surface area (Å²) in [5, 5.41) is 0. The van der Waals surface area contributed by atoms with Gasteiger partial charge in [-0.15, -0.1) is 0 Å². The lowest BCUT2D eigenvalue weighted by Crippen LogP contribution is -2.40. The van der Waals surface area contributed by atoms with Gasteiger partial charge in [-0.25, -0.2) is 8.42 Å². The van der Waals surface area contributed by atoms with Crippen molar-refractivity contribution < 1.29 is 36.9 Å². The van der Waals surface area contributed by atoms with E-state index in [1.165, 1.54) is 0 Å². The number of sulfone groups is 1. The van der Waals surface area contributed by atoms with Crippen molar-refractivity contribution in [2.45, 2.75) is 100 Å². The summed E-state index contributed by atoms with van der Waals surface area (Å²) in [6.07, 6.45) is 2.13. The van der Waals surface area contributed by atoms with Gasteiger partial charge in [-0.2, -0.15) is 0 Å². The van der Waals surface area contributed by atoms with Crippen molar-refractivity contribution in [3.63, 3.8) is 0 Å². The van der Waals surface area contributed by atoms with Gasteiger partial charge in [-0.05, 0) is 50.3 Å². The lowest BCUT2D eigenvalue weighted by atomic mass is 9.83. The summed E-state index contributed by atoms with van der Waals surface area (Å²) in [6.45, 7) is 10.6. The Hall–Kier alpha value is -1.62. The zero-order valence-electron chi connectivity index (χ0n) is 22.9. The van der Waals surface area contributed by atoms with Crippen molar-refractivity contribution >= 4 is 16.1 Å². The van der Waals surface area contributed by atoms with Gasteiger partial charge in [0.2, 0.25) is 0 Å². The van der Waals surface area contributed by atoms with E-state index in [-0.39, 0.29) is 41.0 Å². The third kappa shape index (κ3) is 6.92. The molecule has 3 heterocycles. The molecule has 212 valence electrons. The second-order valence-corrected chi connectivity index (χ2v) is 13.3. The number of rotatable bonds is 11. The van der Waals surface area contributed by atoms with Crippen LogP contribution in [0.25, 0.3) is 0 Å². The van der Waals surface area contributed by atoms with Crippen LogP contribution in [0.4, 0.5) is 0 Å². The van der Waals surface area contributed by atoms with Crippen LogP contribution < -0.4 is 0 Å². The first-order valence-corrected chi connectivity index (χ1v) is 15.2. The van der Waals surface area contributed by atoms with E-state index < -0.39 is 33.8 Å². The minimum Gasteiger partial charge on any atom is -0.378 e. The molecule has 3 fully saturated rings. The minimum atomic E-state index is -3.59. The number of hydrogen-bond donors (Lipinski definition) is 0. The molecule has 1 aromatic rings. The molecule has 0 N–H and O–H groups in total. The molecule has 3 saturated heterocycles. The first-order chi connectivity index (χ1) is 18.0. The van der Waals surface area contributed by atoms with E-state index in [1.54, 1.807) is 37.4 Å². The van der Waals surface area contributed by atoms with Crippen LogP contribution in [0.3, 0.4) is 0 Å². The lowest BCUT2D eigenvalue weighted by molar-refractivity contribution is -0.144. The second-order valence-electron chi connectivity index (χ2n) is 11.3. The average Bonchev–Trinajstić information content (AvgIpc) is 3.38. The van der Waals surface area contributed by atoms with Crippen LogP contribution in [0.1, 0.15) is 52.9 Å². The maximum Gasteiger partial charge on any atom is 0.178 e. The van der Waals surface area contributed by atoms with Gasteiger partial charge in [-0.1, -0.05) is 31.7 Å². The predicted octanol–water partition coefficient (Wildman–Crippen LogP) is 4.12. The van der Waals surface area contributed by atoms with Crippen molar-refractivity contribution in [2.75, 3.05) is 19.5 Å². The van der Waals surface area contributed by atoms with Crippen LogP contribution in [-0.4, -0.2) is 76.6 Å². The smallest absolute Gasteiger partial charge is 0.178 e. The van der Waals surface area contributed by atoms with E-state index in [0.717, 1.165) is 18.3 Å². The van der Waals surface area contributed by atoms with Gasteiger partial charge in [0.25, 0.3) is 0 Å². The van der Waals surface area contributed by atoms with Crippen molar-refractivity contribution in [3.05, 3.63) is 42.5 Å². The van der Waals surface area contributed by atoms with Gasteiger partial charge < -0.3 is 28.5 Å². The van der Waals surface area contributed by atoms with E-state index in [0.29, 0.717) is 32.3 Å². The summed E-state index contributed by atoms with van der Waals surface area (Å²) in [6, 6.07) is 8.50. The number of aldehydes is 1. The molecule has 0 spiro atoms. The summed E-state index contributed by atoms with van der Waals surface area (Å²) in [7, 11) is -1.99. The molecule has 0 amide bonds. The lowest BCUT2D eigenvalue weighted by Gasteiger charge is -2.37. The highest BCUT2D eigenvalue weighted by Crippen LogP contribution is 2.41. The Labute approximate surface area is 226 Å². The van der Waals surface area contributed by atoms with Gasteiger partial charge in [0.05, 0.1) is 53.9 Å². The number of hydrogen-bond acceptors (Lipinski definition) is 8. The topological polar surface area (TPSA) is 97.4 Å². The first-order valence-electron chi connectivity index (χ1n) is 13.6. The molecule has 0 saturated carbocycles. The van der Waals surface area contributed by atoms with Crippen LogP contribution in [0.2, 0.25) is 0 Å². The first kappa shape index (κ1) is 29.4. The van der Waals surface area contributed by atoms with Crippen molar-refractivity contribution in [1.82, 2.24) is 0 Å². The molecule has 4 rings (SSSR count). The number of benzene rings is 1. The highest BCUT2D eigenvalue weighted by atomic mass is 32.2. The second kappa shape index (κ2) is 12.3. The molecular formula is C29H42O8S. The van der Waals surface area contributed by atoms with Gasteiger partial charge in [0, 0.05) is 32.3 Å². The molecule has 38 heavy (non-hydrogen) atoms. The fourth-order valence-electron chi connectivity index (χ4n) is 6.05. The van der Waals surface area contributed by atoms with E-state index in [9.17, 15) is 13.2 Å².